The molecule has 182 valence electrons. The first-order valence-electron chi connectivity index (χ1n) is 13.5. The molecule has 2 fully saturated rings. The van der Waals surface area contributed by atoms with Crippen LogP contribution in [0.25, 0.3) is 21.5 Å². The minimum Gasteiger partial charge on any atom is -0.342 e. The second-order valence-electron chi connectivity index (χ2n) is 11.9. The van der Waals surface area contributed by atoms with E-state index >= 15 is 0 Å². The van der Waals surface area contributed by atoms with Crippen molar-refractivity contribution in [3.8, 4) is 0 Å². The Bertz CT molecular complexity index is 1340. The van der Waals surface area contributed by atoms with Gasteiger partial charge in [-0.15, -0.1) is 0 Å². The molecule has 4 bridgehead atoms. The third kappa shape index (κ3) is 2.20. The van der Waals surface area contributed by atoms with E-state index in [1.54, 1.807) is 0 Å². The van der Waals surface area contributed by atoms with Gasteiger partial charge < -0.3 is 18.9 Å². The molecule has 0 radical (unpaired) electrons. The first-order valence-corrected chi connectivity index (χ1v) is 13.5. The van der Waals surface area contributed by atoms with Gasteiger partial charge in [0.05, 0.1) is 48.1 Å². The van der Waals surface area contributed by atoms with Gasteiger partial charge in [-0.1, -0.05) is 48.6 Å². The summed E-state index contributed by atoms with van der Waals surface area (Å²) in [6.07, 6.45) is 9.61. The van der Waals surface area contributed by atoms with Crippen LogP contribution in [0.15, 0.2) is 60.7 Å². The van der Waals surface area contributed by atoms with E-state index in [1.165, 1.54) is 43.8 Å². The number of hydrogen-bond acceptors (Lipinski definition) is 4. The van der Waals surface area contributed by atoms with E-state index in [0.717, 1.165) is 0 Å². The largest absolute Gasteiger partial charge is 0.342 e. The predicted octanol–water partition coefficient (Wildman–Crippen LogP) is 6.53. The topological polar surface area (TPSA) is 36.9 Å². The molecule has 36 heavy (non-hydrogen) atoms. The lowest BCUT2D eigenvalue weighted by atomic mass is 9.89. The molecule has 0 saturated carbocycles. The van der Waals surface area contributed by atoms with Crippen LogP contribution in [-0.2, 0) is 18.9 Å². The number of fused-ring (bicyclic) bond motifs is 8. The number of ether oxygens (including phenoxy) is 4. The normalized spacial score (nSPS) is 44.8. The van der Waals surface area contributed by atoms with E-state index in [1.807, 2.05) is 0 Å². The van der Waals surface area contributed by atoms with Gasteiger partial charge in [0.25, 0.3) is 0 Å². The number of rotatable bonds is 0. The molecule has 9 rings (SSSR count). The third-order valence-electron chi connectivity index (χ3n) is 10.1. The van der Waals surface area contributed by atoms with Crippen LogP contribution >= 0.6 is 0 Å². The third-order valence-corrected chi connectivity index (χ3v) is 10.1. The van der Waals surface area contributed by atoms with Crippen LogP contribution in [0.3, 0.4) is 0 Å². The minimum atomic E-state index is -0.562. The van der Waals surface area contributed by atoms with E-state index < -0.39 is 11.6 Å². The summed E-state index contributed by atoms with van der Waals surface area (Å²) in [5.74, 6) is -0.488. The summed E-state index contributed by atoms with van der Waals surface area (Å²) in [6.45, 7) is 8.50. The Morgan fingerprint density at radius 3 is 0.917 bits per heavy atom. The molecule has 6 aliphatic rings. The van der Waals surface area contributed by atoms with E-state index in [-0.39, 0.29) is 48.1 Å². The molecular weight excluding hydrogens is 448 g/mol. The summed E-state index contributed by atoms with van der Waals surface area (Å²) in [7, 11) is 0. The molecule has 4 aliphatic carbocycles. The quantitative estimate of drug-likeness (QED) is 0.272. The van der Waals surface area contributed by atoms with E-state index in [2.05, 4.69) is 88.4 Å². The lowest BCUT2D eigenvalue weighted by Crippen LogP contribution is -2.35. The lowest BCUT2D eigenvalue weighted by Gasteiger charge is -2.28. The maximum Gasteiger partial charge on any atom is 0.189 e. The lowest BCUT2D eigenvalue weighted by molar-refractivity contribution is -0.177. The van der Waals surface area contributed by atoms with E-state index in [4.69, 9.17) is 18.9 Å². The molecule has 8 atom stereocenters. The Balaban J connectivity index is 1.18. The van der Waals surface area contributed by atoms with Gasteiger partial charge in [-0.2, -0.15) is 0 Å². The minimum absolute atomic E-state index is 0.106. The molecule has 3 aromatic rings. The van der Waals surface area contributed by atoms with Crippen molar-refractivity contribution in [3.63, 3.8) is 0 Å². The SMILES string of the molecule is CC1OC2(OC1C)C1C=CC2c2cc3cc4cc5c(cc4cc3cc21)C1C=CC5C12OC(C)C(C)O2. The van der Waals surface area contributed by atoms with Crippen molar-refractivity contribution in [3.05, 3.63) is 83.0 Å². The Hall–Kier alpha value is -2.50. The standard InChI is InChI=1S/C32H30O4/c1-15-16(2)34-31(33-15)27-5-6-28(31)24-12-20-10-22-14-26-25(13-21(22)9-19(20)11-23(24)27)29-7-8-30(26)32(29)35-17(3)18(4)36-32/h5-18,27-30H,1-4H3. The molecule has 2 heterocycles. The van der Waals surface area contributed by atoms with Crippen molar-refractivity contribution in [1.82, 2.24) is 0 Å². The highest BCUT2D eigenvalue weighted by Gasteiger charge is 2.63. The Morgan fingerprint density at radius 2 is 0.667 bits per heavy atom. The van der Waals surface area contributed by atoms with Gasteiger partial charge in [-0.3, -0.25) is 0 Å². The molecule has 3 aromatic carbocycles. The maximum atomic E-state index is 6.53. The zero-order valence-corrected chi connectivity index (χ0v) is 21.0. The average molecular weight is 479 g/mol. The van der Waals surface area contributed by atoms with Crippen LogP contribution < -0.4 is 0 Å². The average Bonchev–Trinajstić information content (AvgIpc) is 3.64. The van der Waals surface area contributed by atoms with Crippen molar-refractivity contribution in [1.29, 1.82) is 0 Å². The zero-order chi connectivity index (χ0) is 24.1. The monoisotopic (exact) mass is 478 g/mol. The van der Waals surface area contributed by atoms with Crippen LogP contribution in [-0.4, -0.2) is 36.0 Å². The summed E-state index contributed by atoms with van der Waals surface area (Å²) in [5, 5.41) is 5.11. The molecule has 0 amide bonds. The van der Waals surface area contributed by atoms with Crippen molar-refractivity contribution in [2.45, 2.75) is 87.4 Å². The van der Waals surface area contributed by atoms with Crippen LogP contribution in [0, 0.1) is 0 Å². The van der Waals surface area contributed by atoms with Crippen molar-refractivity contribution in [2.24, 2.45) is 0 Å². The molecule has 2 spiro atoms. The van der Waals surface area contributed by atoms with Gasteiger partial charge in [-0.05, 0) is 83.6 Å². The predicted molar refractivity (Wildman–Crippen MR) is 138 cm³/mol. The van der Waals surface area contributed by atoms with E-state index in [9.17, 15) is 0 Å². The Morgan fingerprint density at radius 1 is 0.417 bits per heavy atom. The molecular formula is C32H30O4. The highest BCUT2D eigenvalue weighted by atomic mass is 16.8. The van der Waals surface area contributed by atoms with Crippen LogP contribution in [0.5, 0.6) is 0 Å². The van der Waals surface area contributed by atoms with Gasteiger partial charge in [0.15, 0.2) is 11.6 Å². The highest BCUT2D eigenvalue weighted by Crippen LogP contribution is 2.63. The Kier molecular flexibility index (Phi) is 3.60. The first kappa shape index (κ1) is 20.5. The van der Waals surface area contributed by atoms with Crippen molar-refractivity contribution in [2.75, 3.05) is 0 Å². The van der Waals surface area contributed by atoms with Crippen molar-refractivity contribution >= 4 is 21.5 Å². The van der Waals surface area contributed by atoms with Crippen LogP contribution in [0.2, 0.25) is 0 Å². The van der Waals surface area contributed by atoms with E-state index in [0.29, 0.717) is 0 Å². The van der Waals surface area contributed by atoms with Crippen LogP contribution in [0.1, 0.15) is 73.6 Å². The summed E-state index contributed by atoms with van der Waals surface area (Å²) >= 11 is 0. The fourth-order valence-electron chi connectivity index (χ4n) is 8.09. The molecule has 4 heteroatoms. The maximum absolute atomic E-state index is 6.53. The molecule has 0 N–H and O–H groups in total. The zero-order valence-electron chi connectivity index (χ0n) is 21.0. The van der Waals surface area contributed by atoms with Gasteiger partial charge in [0.1, 0.15) is 0 Å². The highest BCUT2D eigenvalue weighted by molar-refractivity contribution is 6.00. The molecule has 2 aliphatic heterocycles. The fraction of sp³-hybridized carbons (Fsp3) is 0.438. The summed E-state index contributed by atoms with van der Waals surface area (Å²) in [6, 6.07) is 14.3. The second kappa shape index (κ2) is 6.31. The summed E-state index contributed by atoms with van der Waals surface area (Å²) in [4.78, 5) is 0. The molecule has 0 aromatic heterocycles. The van der Waals surface area contributed by atoms with Gasteiger partial charge in [0.2, 0.25) is 0 Å². The smallest absolute Gasteiger partial charge is 0.189 e. The molecule has 2 saturated heterocycles. The van der Waals surface area contributed by atoms with Gasteiger partial charge in [0, 0.05) is 0 Å². The molecule has 8 unspecified atom stereocenters. The first-order chi connectivity index (χ1) is 17.4. The molecule has 4 nitrogen and oxygen atoms in total. The summed E-state index contributed by atoms with van der Waals surface area (Å²) < 4.78 is 26.1. The summed E-state index contributed by atoms with van der Waals surface area (Å²) in [5.41, 5.74) is 5.42. The second-order valence-corrected chi connectivity index (χ2v) is 11.9. The Labute approximate surface area is 210 Å². The van der Waals surface area contributed by atoms with Crippen LogP contribution in [0.4, 0.5) is 0 Å². The number of benzene rings is 3. The van der Waals surface area contributed by atoms with Crippen molar-refractivity contribution < 1.29 is 18.9 Å². The van der Waals surface area contributed by atoms with Gasteiger partial charge >= 0.3 is 0 Å². The fourth-order valence-corrected chi connectivity index (χ4v) is 8.09. The number of hydrogen-bond donors (Lipinski definition) is 0. The van der Waals surface area contributed by atoms with Gasteiger partial charge in [-0.25, -0.2) is 0 Å².